The fourth-order valence-electron chi connectivity index (χ4n) is 2.47. The number of hydrogen-bond acceptors (Lipinski definition) is 5. The Hall–Kier alpha value is -2.73. The Bertz CT molecular complexity index is 750. The Morgan fingerprint density at radius 2 is 1.81 bits per heavy atom. The first kappa shape index (κ1) is 20.6. The van der Waals surface area contributed by atoms with Gasteiger partial charge in [0.05, 0.1) is 0 Å². The molecular weight excluding hydrogens is 346 g/mol. The number of carbonyl (C=O) groups excluding carboxylic acids is 1. The zero-order valence-corrected chi connectivity index (χ0v) is 16.2. The highest BCUT2D eigenvalue weighted by Crippen LogP contribution is 2.32. The van der Waals surface area contributed by atoms with Gasteiger partial charge in [-0.2, -0.15) is 0 Å². The van der Waals surface area contributed by atoms with Crippen molar-refractivity contribution in [2.75, 3.05) is 20.4 Å². The molecule has 27 heavy (non-hydrogen) atoms. The van der Waals surface area contributed by atoms with Crippen molar-refractivity contribution in [1.82, 2.24) is 5.32 Å². The van der Waals surface area contributed by atoms with Crippen molar-refractivity contribution in [3.8, 4) is 22.6 Å². The molecule has 0 aliphatic carbocycles. The van der Waals surface area contributed by atoms with Crippen LogP contribution in [-0.2, 0) is 15.9 Å². The summed E-state index contributed by atoms with van der Waals surface area (Å²) in [5, 5.41) is 12.3. The van der Waals surface area contributed by atoms with Crippen LogP contribution in [0.2, 0.25) is 0 Å². The van der Waals surface area contributed by atoms with Gasteiger partial charge in [-0.15, -0.1) is 0 Å². The third-order valence-electron chi connectivity index (χ3n) is 3.64. The van der Waals surface area contributed by atoms with Crippen molar-refractivity contribution >= 4 is 6.09 Å². The molecular formula is C21H27NO5. The molecule has 0 fully saturated rings. The van der Waals surface area contributed by atoms with Gasteiger partial charge in [-0.25, -0.2) is 4.79 Å². The largest absolute Gasteiger partial charge is 0.508 e. The number of phenolic OH excluding ortho intramolecular Hbond substituents is 1. The topological polar surface area (TPSA) is 77.0 Å². The molecule has 2 rings (SSSR count). The molecule has 0 atom stereocenters. The zero-order valence-electron chi connectivity index (χ0n) is 16.2. The second kappa shape index (κ2) is 9.28. The summed E-state index contributed by atoms with van der Waals surface area (Å²) in [6.45, 7) is 6.09. The molecule has 0 radical (unpaired) electrons. The Balaban J connectivity index is 2.10. The van der Waals surface area contributed by atoms with E-state index in [4.69, 9.17) is 14.2 Å². The number of benzene rings is 2. The van der Waals surface area contributed by atoms with E-state index in [1.54, 1.807) is 19.2 Å². The molecule has 0 aliphatic rings. The predicted octanol–water partition coefficient (Wildman–Crippen LogP) is 4.11. The highest BCUT2D eigenvalue weighted by molar-refractivity contribution is 5.72. The summed E-state index contributed by atoms with van der Waals surface area (Å²) in [6, 6.07) is 12.8. The van der Waals surface area contributed by atoms with Crippen LogP contribution < -0.4 is 10.1 Å². The van der Waals surface area contributed by atoms with E-state index >= 15 is 0 Å². The van der Waals surface area contributed by atoms with E-state index in [0.29, 0.717) is 18.7 Å². The third-order valence-corrected chi connectivity index (χ3v) is 3.64. The number of ether oxygens (including phenoxy) is 3. The fourth-order valence-corrected chi connectivity index (χ4v) is 2.47. The van der Waals surface area contributed by atoms with Crippen LogP contribution in [0, 0.1) is 0 Å². The Labute approximate surface area is 160 Å². The average Bonchev–Trinajstić information content (AvgIpc) is 2.59. The van der Waals surface area contributed by atoms with Crippen LogP contribution in [0.4, 0.5) is 4.79 Å². The number of rotatable bonds is 7. The van der Waals surface area contributed by atoms with Gasteiger partial charge in [0.15, 0.2) is 6.79 Å². The number of alkyl carbamates (subject to hydrolysis) is 1. The number of carbonyl (C=O) groups is 1. The van der Waals surface area contributed by atoms with Crippen LogP contribution in [0.15, 0.2) is 42.5 Å². The Morgan fingerprint density at radius 3 is 2.44 bits per heavy atom. The first-order valence-corrected chi connectivity index (χ1v) is 8.79. The molecule has 6 heteroatoms. The summed E-state index contributed by atoms with van der Waals surface area (Å²) in [6.07, 6.45) is 0.218. The van der Waals surface area contributed by atoms with Gasteiger partial charge in [0.1, 0.15) is 17.1 Å². The van der Waals surface area contributed by atoms with Crippen LogP contribution in [-0.4, -0.2) is 37.2 Å². The van der Waals surface area contributed by atoms with Gasteiger partial charge in [0.2, 0.25) is 0 Å². The van der Waals surface area contributed by atoms with Gasteiger partial charge in [-0.1, -0.05) is 18.2 Å². The molecule has 0 saturated heterocycles. The lowest BCUT2D eigenvalue weighted by Crippen LogP contribution is -2.33. The van der Waals surface area contributed by atoms with E-state index in [-0.39, 0.29) is 12.5 Å². The minimum absolute atomic E-state index is 0.143. The number of methoxy groups -OCH3 is 1. The second-order valence-corrected chi connectivity index (χ2v) is 7.11. The lowest BCUT2D eigenvalue weighted by Gasteiger charge is -2.19. The van der Waals surface area contributed by atoms with Crippen molar-refractivity contribution in [1.29, 1.82) is 0 Å². The smallest absolute Gasteiger partial charge is 0.407 e. The molecule has 146 valence electrons. The van der Waals surface area contributed by atoms with Crippen LogP contribution in [0.1, 0.15) is 26.3 Å². The van der Waals surface area contributed by atoms with E-state index < -0.39 is 11.7 Å². The monoisotopic (exact) mass is 373 g/mol. The molecule has 0 unspecified atom stereocenters. The second-order valence-electron chi connectivity index (χ2n) is 7.11. The summed E-state index contributed by atoms with van der Waals surface area (Å²) >= 11 is 0. The number of amides is 1. The van der Waals surface area contributed by atoms with Crippen LogP contribution in [0.3, 0.4) is 0 Å². The van der Waals surface area contributed by atoms with Crippen molar-refractivity contribution in [2.24, 2.45) is 0 Å². The highest BCUT2D eigenvalue weighted by Gasteiger charge is 2.15. The zero-order chi connectivity index (χ0) is 19.9. The van der Waals surface area contributed by atoms with E-state index in [2.05, 4.69) is 5.32 Å². The first-order chi connectivity index (χ1) is 12.8. The van der Waals surface area contributed by atoms with E-state index in [1.165, 1.54) is 0 Å². The summed E-state index contributed by atoms with van der Waals surface area (Å²) in [5.41, 5.74) is 2.33. The van der Waals surface area contributed by atoms with Crippen molar-refractivity contribution in [3.63, 3.8) is 0 Å². The molecule has 0 spiro atoms. The standard InChI is InChI=1S/C21H27NO5/c1-21(2,3)27-20(24)22-12-11-15-5-10-19(26-14-25-4)18(13-15)16-6-8-17(23)9-7-16/h5-10,13,23H,11-12,14H2,1-4H3,(H,22,24). The third kappa shape index (κ3) is 6.83. The first-order valence-electron chi connectivity index (χ1n) is 8.79. The summed E-state index contributed by atoms with van der Waals surface area (Å²) in [5.74, 6) is 0.891. The average molecular weight is 373 g/mol. The van der Waals surface area contributed by atoms with Crippen LogP contribution in [0.25, 0.3) is 11.1 Å². The van der Waals surface area contributed by atoms with Gasteiger partial charge in [-0.05, 0) is 62.6 Å². The maximum atomic E-state index is 11.8. The van der Waals surface area contributed by atoms with Gasteiger partial charge in [-0.3, -0.25) is 0 Å². The Kier molecular flexibility index (Phi) is 7.07. The van der Waals surface area contributed by atoms with Gasteiger partial charge in [0, 0.05) is 19.2 Å². The molecule has 0 saturated carbocycles. The van der Waals surface area contributed by atoms with Gasteiger partial charge in [0.25, 0.3) is 0 Å². The molecule has 0 aliphatic heterocycles. The molecule has 1 amide bonds. The Morgan fingerprint density at radius 1 is 1.11 bits per heavy atom. The summed E-state index contributed by atoms with van der Waals surface area (Å²) in [4.78, 5) is 11.8. The van der Waals surface area contributed by atoms with E-state index in [9.17, 15) is 9.90 Å². The number of aromatic hydroxyl groups is 1. The number of hydrogen-bond donors (Lipinski definition) is 2. The summed E-state index contributed by atoms with van der Waals surface area (Å²) in [7, 11) is 1.57. The number of phenols is 1. The van der Waals surface area contributed by atoms with Crippen molar-refractivity contribution in [3.05, 3.63) is 48.0 Å². The minimum Gasteiger partial charge on any atom is -0.508 e. The highest BCUT2D eigenvalue weighted by atomic mass is 16.7. The SMILES string of the molecule is COCOc1ccc(CCNC(=O)OC(C)(C)C)cc1-c1ccc(O)cc1. The van der Waals surface area contributed by atoms with Gasteiger partial charge < -0.3 is 24.6 Å². The molecule has 2 N–H and O–H groups in total. The summed E-state index contributed by atoms with van der Waals surface area (Å²) < 4.78 is 15.9. The van der Waals surface area contributed by atoms with Crippen LogP contribution in [0.5, 0.6) is 11.5 Å². The van der Waals surface area contributed by atoms with E-state index in [1.807, 2.05) is 51.1 Å². The molecule has 2 aromatic rings. The molecule has 0 bridgehead atoms. The quantitative estimate of drug-likeness (QED) is 0.714. The molecule has 2 aromatic carbocycles. The fraction of sp³-hybridized carbons (Fsp3) is 0.381. The minimum atomic E-state index is -0.517. The van der Waals surface area contributed by atoms with Crippen molar-refractivity contribution in [2.45, 2.75) is 32.8 Å². The molecule has 0 aromatic heterocycles. The van der Waals surface area contributed by atoms with Crippen molar-refractivity contribution < 1.29 is 24.1 Å². The van der Waals surface area contributed by atoms with E-state index in [0.717, 1.165) is 16.7 Å². The normalized spacial score (nSPS) is 11.1. The lowest BCUT2D eigenvalue weighted by atomic mass is 10.0. The molecule has 6 nitrogen and oxygen atoms in total. The molecule has 0 heterocycles. The maximum absolute atomic E-state index is 11.8. The predicted molar refractivity (Wildman–Crippen MR) is 104 cm³/mol. The van der Waals surface area contributed by atoms with Crippen LogP contribution >= 0.6 is 0 Å². The number of nitrogens with one attached hydrogen (secondary N) is 1. The lowest BCUT2D eigenvalue weighted by molar-refractivity contribution is 0.0513. The maximum Gasteiger partial charge on any atom is 0.407 e. The van der Waals surface area contributed by atoms with Gasteiger partial charge >= 0.3 is 6.09 Å².